The van der Waals surface area contributed by atoms with Gasteiger partial charge in [0, 0.05) is 11.4 Å². The van der Waals surface area contributed by atoms with E-state index >= 15 is 0 Å². The van der Waals surface area contributed by atoms with Crippen molar-refractivity contribution in [3.63, 3.8) is 0 Å². The van der Waals surface area contributed by atoms with Gasteiger partial charge in [-0.15, -0.1) is 0 Å². The number of carbonyl (C=O) groups excluding carboxylic acids is 2. The number of nitrogens with zero attached hydrogens (tertiary/aromatic N) is 1. The molecule has 0 atom stereocenters. The standard InChI is InChI=1S/C27H23FIN3O4/c1-16-4-5-17(2)23(10-16)32-25(33)15-36-26-22(29)12-18(13-24(26)35-3)11-19(14-30)27(34)31-21-8-6-20(28)7-9-21/h4-13H,15H2,1-3H3,(H,31,34)(H,32,33)/b19-11+. The molecule has 0 heterocycles. The summed E-state index contributed by atoms with van der Waals surface area (Å²) in [6.07, 6.45) is 1.40. The highest BCUT2D eigenvalue weighted by atomic mass is 127. The molecule has 0 aliphatic heterocycles. The van der Waals surface area contributed by atoms with Gasteiger partial charge in [-0.1, -0.05) is 12.1 Å². The molecule has 0 saturated carbocycles. The van der Waals surface area contributed by atoms with Gasteiger partial charge in [-0.3, -0.25) is 9.59 Å². The van der Waals surface area contributed by atoms with Crippen molar-refractivity contribution >= 4 is 51.9 Å². The number of methoxy groups -OCH3 is 1. The molecular weight excluding hydrogens is 576 g/mol. The lowest BCUT2D eigenvalue weighted by Crippen LogP contribution is -2.21. The lowest BCUT2D eigenvalue weighted by Gasteiger charge is -2.14. The van der Waals surface area contributed by atoms with Crippen LogP contribution in [0.25, 0.3) is 6.08 Å². The third kappa shape index (κ3) is 7.05. The molecule has 0 radical (unpaired) electrons. The van der Waals surface area contributed by atoms with E-state index in [1.807, 2.05) is 60.7 Å². The van der Waals surface area contributed by atoms with E-state index in [1.54, 1.807) is 12.1 Å². The highest BCUT2D eigenvalue weighted by Crippen LogP contribution is 2.34. The number of nitriles is 1. The predicted molar refractivity (Wildman–Crippen MR) is 144 cm³/mol. The van der Waals surface area contributed by atoms with Gasteiger partial charge in [0.15, 0.2) is 18.1 Å². The summed E-state index contributed by atoms with van der Waals surface area (Å²) >= 11 is 2.03. The first-order valence-corrected chi connectivity index (χ1v) is 11.8. The van der Waals surface area contributed by atoms with Crippen LogP contribution in [0.3, 0.4) is 0 Å². The first kappa shape index (κ1) is 26.7. The van der Waals surface area contributed by atoms with Crippen LogP contribution < -0.4 is 20.1 Å². The predicted octanol–water partition coefficient (Wildman–Crippen LogP) is 5.62. The maximum absolute atomic E-state index is 13.1. The van der Waals surface area contributed by atoms with Crippen molar-refractivity contribution in [3.05, 3.63) is 86.2 Å². The van der Waals surface area contributed by atoms with Gasteiger partial charge in [0.25, 0.3) is 11.8 Å². The molecule has 0 unspecified atom stereocenters. The third-order valence-corrected chi connectivity index (χ3v) is 5.85. The molecule has 0 aliphatic carbocycles. The smallest absolute Gasteiger partial charge is 0.266 e. The average Bonchev–Trinajstić information content (AvgIpc) is 2.85. The van der Waals surface area contributed by atoms with Crippen molar-refractivity contribution in [2.45, 2.75) is 13.8 Å². The van der Waals surface area contributed by atoms with E-state index in [4.69, 9.17) is 9.47 Å². The minimum Gasteiger partial charge on any atom is -0.493 e. The number of amides is 2. The average molecular weight is 599 g/mol. The fourth-order valence-corrected chi connectivity index (χ4v) is 3.99. The van der Waals surface area contributed by atoms with Crippen LogP contribution >= 0.6 is 22.6 Å². The molecule has 9 heteroatoms. The maximum Gasteiger partial charge on any atom is 0.266 e. The summed E-state index contributed by atoms with van der Waals surface area (Å²) in [5, 5.41) is 14.9. The zero-order chi connectivity index (χ0) is 26.2. The van der Waals surface area contributed by atoms with Gasteiger partial charge in [0.05, 0.1) is 10.7 Å². The van der Waals surface area contributed by atoms with Crippen LogP contribution in [0.2, 0.25) is 0 Å². The number of rotatable bonds is 8. The fourth-order valence-electron chi connectivity index (χ4n) is 3.20. The summed E-state index contributed by atoms with van der Waals surface area (Å²) in [5.41, 5.74) is 3.41. The summed E-state index contributed by atoms with van der Waals surface area (Å²) in [6.45, 7) is 3.61. The first-order valence-electron chi connectivity index (χ1n) is 10.8. The van der Waals surface area contributed by atoms with Crippen LogP contribution in [0.15, 0.2) is 60.2 Å². The number of halogens is 2. The Balaban J connectivity index is 1.74. The number of ether oxygens (including phenoxy) is 2. The minimum absolute atomic E-state index is 0.154. The van der Waals surface area contributed by atoms with Gasteiger partial charge in [-0.2, -0.15) is 5.26 Å². The van der Waals surface area contributed by atoms with Crippen molar-refractivity contribution < 1.29 is 23.5 Å². The molecule has 0 saturated heterocycles. The second kappa shape index (κ2) is 12.2. The van der Waals surface area contributed by atoms with Crippen molar-refractivity contribution in [3.8, 4) is 17.6 Å². The first-order chi connectivity index (χ1) is 17.2. The Morgan fingerprint density at radius 3 is 2.47 bits per heavy atom. The molecule has 0 aromatic heterocycles. The molecule has 0 spiro atoms. The van der Waals surface area contributed by atoms with Crippen LogP contribution in [0.5, 0.6) is 11.5 Å². The summed E-state index contributed by atoms with van der Waals surface area (Å²) in [5.74, 6) is -0.698. The molecule has 3 aromatic carbocycles. The van der Waals surface area contributed by atoms with Crippen LogP contribution in [-0.2, 0) is 9.59 Å². The number of carbonyl (C=O) groups is 2. The maximum atomic E-state index is 13.1. The van der Waals surface area contributed by atoms with E-state index < -0.39 is 11.7 Å². The summed E-state index contributed by atoms with van der Waals surface area (Å²) in [4.78, 5) is 25.0. The van der Waals surface area contributed by atoms with Crippen LogP contribution in [-0.4, -0.2) is 25.5 Å². The van der Waals surface area contributed by atoms with Crippen molar-refractivity contribution in [1.82, 2.24) is 0 Å². The van der Waals surface area contributed by atoms with E-state index in [1.165, 1.54) is 37.5 Å². The zero-order valence-corrected chi connectivity index (χ0v) is 22.0. The van der Waals surface area contributed by atoms with Crippen molar-refractivity contribution in [2.75, 3.05) is 24.4 Å². The van der Waals surface area contributed by atoms with Gasteiger partial charge < -0.3 is 20.1 Å². The third-order valence-electron chi connectivity index (χ3n) is 5.04. The Hall–Kier alpha value is -3.91. The second-order valence-electron chi connectivity index (χ2n) is 7.82. The highest BCUT2D eigenvalue weighted by molar-refractivity contribution is 14.1. The molecule has 2 N–H and O–H groups in total. The Bertz CT molecular complexity index is 1360. The molecule has 36 heavy (non-hydrogen) atoms. The molecule has 0 fully saturated rings. The molecule has 7 nitrogen and oxygen atoms in total. The normalized spacial score (nSPS) is 10.8. The minimum atomic E-state index is -0.637. The summed E-state index contributed by atoms with van der Waals surface area (Å²) in [7, 11) is 1.45. The zero-order valence-electron chi connectivity index (χ0n) is 19.8. The van der Waals surface area contributed by atoms with E-state index in [-0.39, 0.29) is 18.1 Å². The quantitative estimate of drug-likeness (QED) is 0.199. The largest absolute Gasteiger partial charge is 0.493 e. The molecule has 3 aromatic rings. The number of nitrogens with one attached hydrogen (secondary N) is 2. The SMILES string of the molecule is COc1cc(/C=C(\C#N)C(=O)Nc2ccc(F)cc2)cc(I)c1OCC(=O)Nc1cc(C)ccc1C. The molecule has 0 aliphatic rings. The number of aryl methyl sites for hydroxylation is 2. The van der Waals surface area contributed by atoms with Gasteiger partial charge in [-0.05, 0) is 102 Å². The van der Waals surface area contributed by atoms with Crippen LogP contribution in [0, 0.1) is 34.6 Å². The molecular formula is C27H23FIN3O4. The van der Waals surface area contributed by atoms with Gasteiger partial charge in [0.2, 0.25) is 0 Å². The number of anilines is 2. The van der Waals surface area contributed by atoms with E-state index in [9.17, 15) is 19.2 Å². The Morgan fingerprint density at radius 1 is 1.08 bits per heavy atom. The number of hydrogen-bond acceptors (Lipinski definition) is 5. The lowest BCUT2D eigenvalue weighted by atomic mass is 10.1. The van der Waals surface area contributed by atoms with Crippen molar-refractivity contribution in [2.24, 2.45) is 0 Å². The molecule has 3 rings (SSSR count). The van der Waals surface area contributed by atoms with Crippen molar-refractivity contribution in [1.29, 1.82) is 5.26 Å². The van der Waals surface area contributed by atoms with Gasteiger partial charge in [-0.25, -0.2) is 4.39 Å². The van der Waals surface area contributed by atoms with Gasteiger partial charge >= 0.3 is 0 Å². The summed E-state index contributed by atoms with van der Waals surface area (Å²) < 4.78 is 24.9. The van der Waals surface area contributed by atoms with Crippen LogP contribution in [0.4, 0.5) is 15.8 Å². The monoisotopic (exact) mass is 599 g/mol. The molecule has 0 bridgehead atoms. The Labute approximate surface area is 222 Å². The Kier molecular flexibility index (Phi) is 9.02. The Morgan fingerprint density at radius 2 is 1.81 bits per heavy atom. The second-order valence-corrected chi connectivity index (χ2v) is 8.98. The van der Waals surface area contributed by atoms with E-state index in [0.29, 0.717) is 32.0 Å². The summed E-state index contributed by atoms with van der Waals surface area (Å²) in [6, 6.07) is 16.2. The fraction of sp³-hybridized carbons (Fsp3) is 0.148. The van der Waals surface area contributed by atoms with Crippen LogP contribution in [0.1, 0.15) is 16.7 Å². The lowest BCUT2D eigenvalue weighted by molar-refractivity contribution is -0.118. The topological polar surface area (TPSA) is 100 Å². The van der Waals surface area contributed by atoms with Gasteiger partial charge in [0.1, 0.15) is 17.5 Å². The highest BCUT2D eigenvalue weighted by Gasteiger charge is 2.16. The number of hydrogen-bond donors (Lipinski definition) is 2. The molecule has 184 valence electrons. The van der Waals surface area contributed by atoms with E-state index in [0.717, 1.165) is 11.1 Å². The van der Waals surface area contributed by atoms with E-state index in [2.05, 4.69) is 10.6 Å². The molecule has 2 amide bonds. The number of benzene rings is 3.